The molecular weight excluding hydrogens is 242 g/mol. The highest BCUT2D eigenvalue weighted by molar-refractivity contribution is 7.07. The minimum absolute atomic E-state index is 0.703. The van der Waals surface area contributed by atoms with E-state index in [9.17, 15) is 0 Å². The summed E-state index contributed by atoms with van der Waals surface area (Å²) in [6, 6.07) is 18.6. The van der Waals surface area contributed by atoms with Crippen molar-refractivity contribution in [3.05, 3.63) is 65.5 Å². The van der Waals surface area contributed by atoms with E-state index in [4.69, 9.17) is 4.74 Å². The van der Waals surface area contributed by atoms with Crippen molar-refractivity contribution in [2.24, 2.45) is 0 Å². The quantitative estimate of drug-likeness (QED) is 0.689. The molecule has 0 saturated carbocycles. The van der Waals surface area contributed by atoms with Crippen molar-refractivity contribution in [3.63, 3.8) is 0 Å². The molecule has 1 aromatic heterocycles. The van der Waals surface area contributed by atoms with Gasteiger partial charge in [0.15, 0.2) is 0 Å². The van der Waals surface area contributed by atoms with Gasteiger partial charge in [0, 0.05) is 17.0 Å². The van der Waals surface area contributed by atoms with Crippen molar-refractivity contribution in [2.75, 3.05) is 0 Å². The fourth-order valence-electron chi connectivity index (χ4n) is 1.66. The molecule has 87 valence electrons. The molecule has 0 N–H and O–H groups in total. The van der Waals surface area contributed by atoms with Crippen molar-refractivity contribution in [1.82, 2.24) is 4.98 Å². The molecule has 18 heavy (non-hydrogen) atoms. The highest BCUT2D eigenvalue weighted by Gasteiger charge is 2.08. The SMILES string of the molecule is [c]1cccc(-c2cscn2)c1Oc1ccccc1. The molecule has 0 unspecified atom stereocenters. The molecule has 1 heterocycles. The molecule has 2 aromatic carbocycles. The Kier molecular flexibility index (Phi) is 3.07. The number of benzene rings is 2. The molecule has 0 aliphatic heterocycles. The van der Waals surface area contributed by atoms with Crippen molar-refractivity contribution in [3.8, 4) is 22.8 Å². The van der Waals surface area contributed by atoms with Crippen LogP contribution in [0.4, 0.5) is 0 Å². The number of thiazole rings is 1. The summed E-state index contributed by atoms with van der Waals surface area (Å²) in [4.78, 5) is 4.31. The van der Waals surface area contributed by atoms with Gasteiger partial charge >= 0.3 is 0 Å². The Labute approximate surface area is 110 Å². The van der Waals surface area contributed by atoms with Crippen molar-refractivity contribution in [2.45, 2.75) is 0 Å². The predicted molar refractivity (Wildman–Crippen MR) is 72.9 cm³/mol. The first kappa shape index (κ1) is 11.0. The average Bonchev–Trinajstić information content (AvgIpc) is 2.94. The lowest BCUT2D eigenvalue weighted by atomic mass is 10.1. The molecule has 0 saturated heterocycles. The van der Waals surface area contributed by atoms with E-state index in [1.165, 1.54) is 0 Å². The number of ether oxygens (including phenoxy) is 1. The van der Waals surface area contributed by atoms with Gasteiger partial charge in [0.25, 0.3) is 0 Å². The van der Waals surface area contributed by atoms with E-state index in [-0.39, 0.29) is 0 Å². The first-order valence-electron chi connectivity index (χ1n) is 5.55. The van der Waals surface area contributed by atoms with Crippen LogP contribution in [0, 0.1) is 6.07 Å². The van der Waals surface area contributed by atoms with Crippen LogP contribution in [0.1, 0.15) is 0 Å². The van der Waals surface area contributed by atoms with Gasteiger partial charge in [0.2, 0.25) is 0 Å². The number of para-hydroxylation sites is 2. The minimum Gasteiger partial charge on any atom is -0.456 e. The van der Waals surface area contributed by atoms with Gasteiger partial charge < -0.3 is 4.74 Å². The summed E-state index contributed by atoms with van der Waals surface area (Å²) in [5, 5.41) is 2.00. The molecule has 1 radical (unpaired) electrons. The second-order valence-electron chi connectivity index (χ2n) is 3.70. The van der Waals surface area contributed by atoms with Gasteiger partial charge in [-0.2, -0.15) is 0 Å². The van der Waals surface area contributed by atoms with Crippen LogP contribution in [0.2, 0.25) is 0 Å². The maximum atomic E-state index is 5.84. The second-order valence-corrected chi connectivity index (χ2v) is 4.42. The zero-order chi connectivity index (χ0) is 12.2. The standard InChI is InChI=1S/C15H10NOS/c1-2-6-12(7-3-1)17-15-9-5-4-8-13(15)14-10-18-11-16-14/h1-8,10-11H. The van der Waals surface area contributed by atoms with Crippen molar-refractivity contribution < 1.29 is 4.74 Å². The number of rotatable bonds is 3. The summed E-state index contributed by atoms with van der Waals surface area (Å²) in [5.74, 6) is 1.51. The maximum absolute atomic E-state index is 5.84. The van der Waals surface area contributed by atoms with E-state index in [2.05, 4.69) is 11.1 Å². The number of hydrogen-bond donors (Lipinski definition) is 0. The molecule has 0 aliphatic carbocycles. The third-order valence-corrected chi connectivity index (χ3v) is 3.08. The molecular formula is C15H10NOS. The molecule has 0 fully saturated rings. The number of hydrogen-bond acceptors (Lipinski definition) is 3. The summed E-state index contributed by atoms with van der Waals surface area (Å²) in [6.07, 6.45) is 0. The van der Waals surface area contributed by atoms with Gasteiger partial charge in [0.05, 0.1) is 11.2 Å². The first-order valence-corrected chi connectivity index (χ1v) is 6.50. The maximum Gasteiger partial charge on any atom is 0.144 e. The van der Waals surface area contributed by atoms with Crippen LogP contribution in [-0.2, 0) is 0 Å². The third kappa shape index (κ3) is 2.26. The van der Waals surface area contributed by atoms with Crippen LogP contribution < -0.4 is 4.74 Å². The van der Waals surface area contributed by atoms with Crippen molar-refractivity contribution in [1.29, 1.82) is 0 Å². The monoisotopic (exact) mass is 252 g/mol. The lowest BCUT2D eigenvalue weighted by molar-refractivity contribution is 0.483. The van der Waals surface area contributed by atoms with Gasteiger partial charge in [-0.25, -0.2) is 4.98 Å². The van der Waals surface area contributed by atoms with Gasteiger partial charge in [-0.3, -0.25) is 0 Å². The van der Waals surface area contributed by atoms with Crippen LogP contribution >= 0.6 is 11.3 Å². The normalized spacial score (nSPS) is 10.2. The van der Waals surface area contributed by atoms with E-state index < -0.39 is 0 Å². The smallest absolute Gasteiger partial charge is 0.144 e. The molecule has 3 aromatic rings. The molecule has 3 heteroatoms. The second kappa shape index (κ2) is 5.02. The lowest BCUT2D eigenvalue weighted by Gasteiger charge is -2.08. The molecule has 3 rings (SSSR count). The van der Waals surface area contributed by atoms with E-state index >= 15 is 0 Å². The van der Waals surface area contributed by atoms with Crippen LogP contribution in [0.15, 0.2) is 59.4 Å². The Morgan fingerprint density at radius 2 is 1.94 bits per heavy atom. The summed E-state index contributed by atoms with van der Waals surface area (Å²) in [6.45, 7) is 0. The molecule has 0 atom stereocenters. The average molecular weight is 252 g/mol. The highest BCUT2D eigenvalue weighted by Crippen LogP contribution is 2.32. The Hall–Kier alpha value is -2.13. The summed E-state index contributed by atoms with van der Waals surface area (Å²) in [7, 11) is 0. The van der Waals surface area contributed by atoms with E-state index in [1.54, 1.807) is 11.3 Å². The zero-order valence-electron chi connectivity index (χ0n) is 9.54. The van der Waals surface area contributed by atoms with E-state index in [0.717, 1.165) is 17.0 Å². The summed E-state index contributed by atoms with van der Waals surface area (Å²) < 4.78 is 5.84. The zero-order valence-corrected chi connectivity index (χ0v) is 10.4. The molecule has 0 aliphatic rings. The fraction of sp³-hybridized carbons (Fsp3) is 0. The molecule has 0 bridgehead atoms. The molecule has 0 spiro atoms. The van der Waals surface area contributed by atoms with Crippen LogP contribution in [0.5, 0.6) is 11.5 Å². The number of aromatic nitrogens is 1. The predicted octanol–water partition coefficient (Wildman–Crippen LogP) is 4.40. The fourth-order valence-corrected chi connectivity index (χ4v) is 2.21. The Balaban J connectivity index is 1.98. The first-order chi connectivity index (χ1) is 8.93. The molecule has 0 amide bonds. The third-order valence-electron chi connectivity index (χ3n) is 2.49. The van der Waals surface area contributed by atoms with Crippen LogP contribution in [-0.4, -0.2) is 4.98 Å². The van der Waals surface area contributed by atoms with Gasteiger partial charge in [0.1, 0.15) is 11.5 Å². The largest absolute Gasteiger partial charge is 0.456 e. The van der Waals surface area contributed by atoms with E-state index in [1.807, 2.05) is 59.4 Å². The summed E-state index contributed by atoms with van der Waals surface area (Å²) in [5.41, 5.74) is 3.69. The van der Waals surface area contributed by atoms with Gasteiger partial charge in [-0.05, 0) is 18.2 Å². The van der Waals surface area contributed by atoms with Crippen LogP contribution in [0.3, 0.4) is 0 Å². The highest BCUT2D eigenvalue weighted by atomic mass is 32.1. The number of nitrogens with zero attached hydrogens (tertiary/aromatic N) is 1. The summed E-state index contributed by atoms with van der Waals surface area (Å²) >= 11 is 1.57. The lowest BCUT2D eigenvalue weighted by Crippen LogP contribution is -1.88. The molecule has 2 nitrogen and oxygen atoms in total. The van der Waals surface area contributed by atoms with Crippen molar-refractivity contribution >= 4 is 11.3 Å². The topological polar surface area (TPSA) is 22.1 Å². The Morgan fingerprint density at radius 1 is 1.06 bits per heavy atom. The minimum atomic E-state index is 0.703. The van der Waals surface area contributed by atoms with Crippen LogP contribution in [0.25, 0.3) is 11.3 Å². The van der Waals surface area contributed by atoms with E-state index in [0.29, 0.717) is 5.75 Å². The Bertz CT molecular complexity index is 620. The Morgan fingerprint density at radius 3 is 2.72 bits per heavy atom. The van der Waals surface area contributed by atoms with Gasteiger partial charge in [-0.1, -0.05) is 30.3 Å². The van der Waals surface area contributed by atoms with Gasteiger partial charge in [-0.15, -0.1) is 11.3 Å².